The van der Waals surface area contributed by atoms with E-state index in [0.29, 0.717) is 49.6 Å². The van der Waals surface area contributed by atoms with Crippen LogP contribution in [0.3, 0.4) is 0 Å². The van der Waals surface area contributed by atoms with Gasteiger partial charge in [-0.2, -0.15) is 10.5 Å². The third-order valence-electron chi connectivity index (χ3n) is 7.98. The standard InChI is InChI=1S/C38H37ClN6O5S2/c1-4-38(2,3)50-37(47)42-16-15-32(46)49-20-19-48-29-13-9-25(10-14-29)33-30(21-40)34(45-17-5-6-18-45)44-36(31(33)22-41)52-24-28-23-51-35(43-28)26-7-11-27(39)12-8-26/h4,7-14,23H,1,5-6,15-20,24H2,2-3H3,(H,42,47). The highest BCUT2D eigenvalue weighted by molar-refractivity contribution is 7.98. The number of nitrogens with one attached hydrogen (secondary N) is 1. The lowest BCUT2D eigenvalue weighted by atomic mass is 9.96. The van der Waals surface area contributed by atoms with E-state index in [1.54, 1.807) is 38.1 Å². The molecule has 1 saturated heterocycles. The smallest absolute Gasteiger partial charge is 0.407 e. The van der Waals surface area contributed by atoms with Gasteiger partial charge in [-0.25, -0.2) is 14.8 Å². The number of benzene rings is 2. The van der Waals surface area contributed by atoms with Crippen LogP contribution in [0.15, 0.2) is 71.6 Å². The number of hydrogen-bond acceptors (Lipinski definition) is 12. The number of ether oxygens (including phenoxy) is 3. The molecule has 0 radical (unpaired) electrons. The first kappa shape index (κ1) is 38.2. The molecule has 11 nitrogen and oxygen atoms in total. The number of thiazole rings is 1. The molecule has 52 heavy (non-hydrogen) atoms. The molecule has 0 bridgehead atoms. The zero-order chi connectivity index (χ0) is 37.1. The second kappa shape index (κ2) is 17.9. The monoisotopic (exact) mass is 756 g/mol. The summed E-state index contributed by atoms with van der Waals surface area (Å²) in [6, 6.07) is 19.3. The summed E-state index contributed by atoms with van der Waals surface area (Å²) >= 11 is 9.01. The van der Waals surface area contributed by atoms with Crippen LogP contribution in [0.2, 0.25) is 5.02 Å². The van der Waals surface area contributed by atoms with E-state index < -0.39 is 17.7 Å². The topological polar surface area (TPSA) is 150 Å². The number of nitriles is 2. The summed E-state index contributed by atoms with van der Waals surface area (Å²) in [4.78, 5) is 35.7. The van der Waals surface area contributed by atoms with Crippen LogP contribution in [-0.2, 0) is 20.0 Å². The lowest BCUT2D eigenvalue weighted by Crippen LogP contribution is -2.34. The Bertz CT molecular complexity index is 1980. The lowest BCUT2D eigenvalue weighted by Gasteiger charge is -2.22. The number of esters is 1. The van der Waals surface area contributed by atoms with Gasteiger partial charge in [0.25, 0.3) is 0 Å². The molecule has 5 rings (SSSR count). The summed E-state index contributed by atoms with van der Waals surface area (Å²) < 4.78 is 16.2. The molecule has 0 spiro atoms. The number of amides is 1. The molecular formula is C38H37ClN6O5S2. The Morgan fingerprint density at radius 3 is 2.40 bits per heavy atom. The number of carbonyl (C=O) groups is 2. The molecule has 3 heterocycles. The first-order chi connectivity index (χ1) is 25.1. The minimum atomic E-state index is -0.819. The molecule has 2 aromatic heterocycles. The highest BCUT2D eigenvalue weighted by Gasteiger charge is 2.26. The van der Waals surface area contributed by atoms with Crippen LogP contribution >= 0.6 is 34.7 Å². The van der Waals surface area contributed by atoms with Gasteiger partial charge in [-0.3, -0.25) is 4.79 Å². The molecule has 0 unspecified atom stereocenters. The van der Waals surface area contributed by atoms with Gasteiger partial charge < -0.3 is 24.4 Å². The zero-order valence-corrected chi connectivity index (χ0v) is 31.2. The SMILES string of the molecule is C=CC(C)(C)OC(=O)NCCC(=O)OCCOc1ccc(-c2c(C#N)c(SCc3csc(-c4ccc(Cl)cc4)n3)nc(N3CCCC3)c2C#N)cc1. The highest BCUT2D eigenvalue weighted by atomic mass is 35.5. The van der Waals surface area contributed by atoms with Crippen LogP contribution in [0.1, 0.15) is 49.9 Å². The summed E-state index contributed by atoms with van der Waals surface area (Å²) in [5.41, 5.74) is 2.90. The molecule has 0 atom stereocenters. The Hall–Kier alpha value is -5.08. The number of pyridine rings is 1. The fourth-order valence-corrected chi connectivity index (χ4v) is 7.17. The first-order valence-electron chi connectivity index (χ1n) is 16.6. The van der Waals surface area contributed by atoms with Gasteiger partial charge >= 0.3 is 12.1 Å². The van der Waals surface area contributed by atoms with Gasteiger partial charge in [0, 0.05) is 46.9 Å². The summed E-state index contributed by atoms with van der Waals surface area (Å²) in [5, 5.41) is 27.4. The summed E-state index contributed by atoms with van der Waals surface area (Å²) in [5.74, 6) is 1.10. The van der Waals surface area contributed by atoms with Gasteiger partial charge in [-0.05, 0) is 62.6 Å². The van der Waals surface area contributed by atoms with E-state index in [9.17, 15) is 20.1 Å². The van der Waals surface area contributed by atoms with Gasteiger partial charge in [-0.1, -0.05) is 54.2 Å². The van der Waals surface area contributed by atoms with Gasteiger partial charge in [-0.15, -0.1) is 11.3 Å². The Kier molecular flexibility index (Phi) is 13.1. The average Bonchev–Trinajstić information content (AvgIpc) is 3.86. The maximum Gasteiger partial charge on any atom is 0.407 e. The van der Waals surface area contributed by atoms with E-state index in [1.807, 2.05) is 29.6 Å². The highest BCUT2D eigenvalue weighted by Crippen LogP contribution is 2.40. The summed E-state index contributed by atoms with van der Waals surface area (Å²) in [6.45, 7) is 8.73. The number of anilines is 1. The van der Waals surface area contributed by atoms with E-state index in [0.717, 1.165) is 42.2 Å². The van der Waals surface area contributed by atoms with Crippen molar-refractivity contribution in [2.45, 2.75) is 49.5 Å². The van der Waals surface area contributed by atoms with Gasteiger partial charge in [0.05, 0.1) is 17.7 Å². The van der Waals surface area contributed by atoms with Crippen LogP contribution in [0.4, 0.5) is 10.6 Å². The van der Waals surface area contributed by atoms with Crippen molar-refractivity contribution in [2.24, 2.45) is 0 Å². The van der Waals surface area contributed by atoms with Crippen LogP contribution in [0.25, 0.3) is 21.7 Å². The number of thioether (sulfide) groups is 1. The number of aromatic nitrogens is 2. The van der Waals surface area contributed by atoms with E-state index in [4.69, 9.17) is 35.8 Å². The quantitative estimate of drug-likeness (QED) is 0.0542. The molecule has 1 fully saturated rings. The van der Waals surface area contributed by atoms with Crippen molar-refractivity contribution in [3.8, 4) is 39.6 Å². The maximum atomic E-state index is 12.1. The number of carbonyl (C=O) groups excluding carboxylic acids is 2. The van der Waals surface area contributed by atoms with Crippen molar-refractivity contribution in [1.82, 2.24) is 15.3 Å². The van der Waals surface area contributed by atoms with Crippen molar-refractivity contribution in [2.75, 3.05) is 37.7 Å². The number of nitrogens with zero attached hydrogens (tertiary/aromatic N) is 5. The van der Waals surface area contributed by atoms with Crippen LogP contribution < -0.4 is 15.0 Å². The predicted octanol–water partition coefficient (Wildman–Crippen LogP) is 8.16. The van der Waals surface area contributed by atoms with Gasteiger partial charge in [0.15, 0.2) is 0 Å². The molecule has 1 aliphatic heterocycles. The van der Waals surface area contributed by atoms with Crippen molar-refractivity contribution < 1.29 is 23.8 Å². The van der Waals surface area contributed by atoms with Crippen LogP contribution in [0, 0.1) is 22.7 Å². The molecule has 2 aromatic carbocycles. The molecule has 0 saturated carbocycles. The number of rotatable bonds is 15. The number of hydrogen-bond donors (Lipinski definition) is 1. The molecule has 4 aromatic rings. The Morgan fingerprint density at radius 2 is 1.73 bits per heavy atom. The van der Waals surface area contributed by atoms with Crippen molar-refractivity contribution >= 4 is 52.6 Å². The molecule has 268 valence electrons. The van der Waals surface area contributed by atoms with E-state index in [2.05, 4.69) is 28.9 Å². The first-order valence-corrected chi connectivity index (χ1v) is 18.8. The molecule has 1 N–H and O–H groups in total. The second-order valence-corrected chi connectivity index (χ2v) is 14.4. The lowest BCUT2D eigenvalue weighted by molar-refractivity contribution is -0.144. The van der Waals surface area contributed by atoms with Crippen molar-refractivity contribution in [3.63, 3.8) is 0 Å². The molecular weight excluding hydrogens is 720 g/mol. The zero-order valence-electron chi connectivity index (χ0n) is 28.8. The molecule has 1 amide bonds. The van der Waals surface area contributed by atoms with E-state index in [1.165, 1.54) is 29.2 Å². The third-order valence-corrected chi connectivity index (χ3v) is 10.2. The Morgan fingerprint density at radius 1 is 1.04 bits per heavy atom. The second-order valence-electron chi connectivity index (χ2n) is 12.2. The largest absolute Gasteiger partial charge is 0.490 e. The third kappa shape index (κ3) is 10.0. The fraction of sp³-hybridized carbons (Fsp3) is 0.316. The van der Waals surface area contributed by atoms with E-state index in [-0.39, 0.29) is 26.2 Å². The minimum Gasteiger partial charge on any atom is -0.490 e. The van der Waals surface area contributed by atoms with Crippen molar-refractivity contribution in [3.05, 3.63) is 88.4 Å². The van der Waals surface area contributed by atoms with Gasteiger partial charge in [0.1, 0.15) is 58.1 Å². The van der Waals surface area contributed by atoms with E-state index >= 15 is 0 Å². The summed E-state index contributed by atoms with van der Waals surface area (Å²) in [7, 11) is 0. The number of halogens is 1. The molecule has 14 heteroatoms. The maximum absolute atomic E-state index is 12.1. The van der Waals surface area contributed by atoms with Gasteiger partial charge in [0.2, 0.25) is 0 Å². The molecule has 0 aliphatic carbocycles. The Balaban J connectivity index is 1.25. The van der Waals surface area contributed by atoms with Crippen LogP contribution in [-0.4, -0.2) is 60.5 Å². The number of alkyl carbamates (subject to hydrolysis) is 1. The molecule has 1 aliphatic rings. The summed E-state index contributed by atoms with van der Waals surface area (Å²) in [6.07, 6.45) is 2.82. The Labute approximate surface area is 316 Å². The van der Waals surface area contributed by atoms with Crippen molar-refractivity contribution in [1.29, 1.82) is 10.5 Å². The minimum absolute atomic E-state index is 0.00992. The fourth-order valence-electron chi connectivity index (χ4n) is 5.24. The predicted molar refractivity (Wildman–Crippen MR) is 203 cm³/mol. The van der Waals surface area contributed by atoms with Crippen LogP contribution in [0.5, 0.6) is 5.75 Å². The normalized spacial score (nSPS) is 12.4. The average molecular weight is 757 g/mol.